The largest absolute Gasteiger partial charge is 0.294 e. The van der Waals surface area contributed by atoms with Crippen LogP contribution in [-0.2, 0) is 19.3 Å². The van der Waals surface area contributed by atoms with Crippen molar-refractivity contribution in [1.82, 2.24) is 0 Å². The Labute approximate surface area is 126 Å². The van der Waals surface area contributed by atoms with Crippen molar-refractivity contribution in [2.45, 2.75) is 25.7 Å². The van der Waals surface area contributed by atoms with Crippen LogP contribution in [0.25, 0.3) is 0 Å². The maximum absolute atomic E-state index is 13.7. The zero-order valence-corrected chi connectivity index (χ0v) is 12.0. The molecular formula is C17H13ClF2O. The highest BCUT2D eigenvalue weighted by Gasteiger charge is 2.17. The summed E-state index contributed by atoms with van der Waals surface area (Å²) >= 11 is 5.49. The fourth-order valence-electron chi connectivity index (χ4n) is 2.75. The van der Waals surface area contributed by atoms with Crippen molar-refractivity contribution in [1.29, 1.82) is 0 Å². The van der Waals surface area contributed by atoms with Crippen molar-refractivity contribution in [2.75, 3.05) is 0 Å². The average Bonchev–Trinajstić information content (AvgIpc) is 2.90. The summed E-state index contributed by atoms with van der Waals surface area (Å²) in [5.74, 6) is -2.01. The van der Waals surface area contributed by atoms with Crippen LogP contribution in [0.1, 0.15) is 33.5 Å². The Morgan fingerprint density at radius 3 is 2.62 bits per heavy atom. The van der Waals surface area contributed by atoms with Gasteiger partial charge in [-0.2, -0.15) is 0 Å². The molecule has 0 aliphatic heterocycles. The van der Waals surface area contributed by atoms with Gasteiger partial charge in [0.1, 0.15) is 11.6 Å². The number of carbonyl (C=O) groups excluding carboxylic acids is 1. The summed E-state index contributed by atoms with van der Waals surface area (Å²) in [5, 5.41) is -0.318. The molecule has 0 spiro atoms. The highest BCUT2D eigenvalue weighted by Crippen LogP contribution is 2.24. The Balaban J connectivity index is 1.85. The molecule has 0 aromatic heterocycles. The Hall–Kier alpha value is -1.74. The van der Waals surface area contributed by atoms with Gasteiger partial charge in [0, 0.05) is 6.42 Å². The van der Waals surface area contributed by atoms with E-state index in [9.17, 15) is 13.6 Å². The van der Waals surface area contributed by atoms with Crippen molar-refractivity contribution >= 4 is 17.4 Å². The van der Waals surface area contributed by atoms with Crippen molar-refractivity contribution in [2.24, 2.45) is 0 Å². The van der Waals surface area contributed by atoms with Crippen molar-refractivity contribution in [3.63, 3.8) is 0 Å². The van der Waals surface area contributed by atoms with Crippen molar-refractivity contribution < 1.29 is 13.6 Å². The van der Waals surface area contributed by atoms with Crippen LogP contribution in [0.3, 0.4) is 0 Å². The fraction of sp³-hybridized carbons (Fsp3) is 0.235. The van der Waals surface area contributed by atoms with E-state index < -0.39 is 17.4 Å². The summed E-state index contributed by atoms with van der Waals surface area (Å²) in [6, 6.07) is 7.60. The van der Waals surface area contributed by atoms with Crippen LogP contribution < -0.4 is 0 Å². The van der Waals surface area contributed by atoms with Gasteiger partial charge in [0.15, 0.2) is 5.78 Å². The number of rotatable bonds is 3. The van der Waals surface area contributed by atoms with Gasteiger partial charge in [-0.25, -0.2) is 8.78 Å². The normalized spacial score (nSPS) is 13.3. The molecule has 4 heteroatoms. The highest BCUT2D eigenvalue weighted by atomic mass is 35.5. The molecule has 0 saturated carbocycles. The molecule has 0 N–H and O–H groups in total. The monoisotopic (exact) mass is 306 g/mol. The number of aryl methyl sites for hydroxylation is 2. The number of benzene rings is 2. The Morgan fingerprint density at radius 1 is 1.05 bits per heavy atom. The van der Waals surface area contributed by atoms with Crippen molar-refractivity contribution in [3.8, 4) is 0 Å². The first-order chi connectivity index (χ1) is 10.0. The molecule has 0 amide bonds. The second-order valence-electron chi connectivity index (χ2n) is 5.30. The molecule has 0 fully saturated rings. The summed E-state index contributed by atoms with van der Waals surface area (Å²) in [7, 11) is 0. The summed E-state index contributed by atoms with van der Waals surface area (Å²) in [5.41, 5.74) is 3.14. The summed E-state index contributed by atoms with van der Waals surface area (Å²) in [6.07, 6.45) is 3.27. The molecule has 2 aromatic carbocycles. The molecule has 2 aromatic rings. The SMILES string of the molecule is O=C(Cc1ccc2c(c1)CCC2)c1cc(F)c(Cl)cc1F. The number of ketones is 1. The quantitative estimate of drug-likeness (QED) is 0.601. The van der Waals surface area contributed by atoms with Gasteiger partial charge in [-0.05, 0) is 48.1 Å². The number of carbonyl (C=O) groups is 1. The van der Waals surface area contributed by atoms with Crippen LogP contribution in [0.5, 0.6) is 0 Å². The predicted octanol–water partition coefficient (Wildman–Crippen LogP) is 4.53. The van der Waals surface area contributed by atoms with Crippen LogP contribution in [-0.4, -0.2) is 5.78 Å². The third-order valence-electron chi connectivity index (χ3n) is 3.84. The predicted molar refractivity (Wildman–Crippen MR) is 77.9 cm³/mol. The van der Waals surface area contributed by atoms with E-state index in [1.807, 2.05) is 18.2 Å². The van der Waals surface area contributed by atoms with Crippen LogP contribution in [0, 0.1) is 11.6 Å². The highest BCUT2D eigenvalue weighted by molar-refractivity contribution is 6.30. The lowest BCUT2D eigenvalue weighted by Crippen LogP contribution is -2.07. The number of Topliss-reactive ketones (excluding diaryl/α,β-unsaturated/α-hetero) is 1. The second-order valence-corrected chi connectivity index (χ2v) is 5.71. The molecule has 0 heterocycles. The fourth-order valence-corrected chi connectivity index (χ4v) is 2.90. The third kappa shape index (κ3) is 2.84. The number of hydrogen-bond acceptors (Lipinski definition) is 1. The molecule has 0 radical (unpaired) electrons. The molecule has 0 bridgehead atoms. The van der Waals surface area contributed by atoms with Gasteiger partial charge in [0.25, 0.3) is 0 Å². The molecule has 0 atom stereocenters. The van der Waals surface area contributed by atoms with E-state index in [2.05, 4.69) is 0 Å². The average molecular weight is 307 g/mol. The molecule has 108 valence electrons. The number of halogens is 3. The first-order valence-electron chi connectivity index (χ1n) is 6.83. The molecule has 0 saturated heterocycles. The van der Waals surface area contributed by atoms with E-state index in [-0.39, 0.29) is 17.0 Å². The second kappa shape index (κ2) is 5.57. The van der Waals surface area contributed by atoms with Crippen LogP contribution in [0.2, 0.25) is 5.02 Å². The molecule has 3 rings (SSSR count). The zero-order chi connectivity index (χ0) is 15.0. The van der Waals surface area contributed by atoms with Gasteiger partial charge in [0.2, 0.25) is 0 Å². The zero-order valence-electron chi connectivity index (χ0n) is 11.3. The van der Waals surface area contributed by atoms with E-state index in [1.165, 1.54) is 11.1 Å². The van der Waals surface area contributed by atoms with Gasteiger partial charge in [0.05, 0.1) is 10.6 Å². The van der Waals surface area contributed by atoms with E-state index in [1.54, 1.807) is 0 Å². The first-order valence-corrected chi connectivity index (χ1v) is 7.21. The minimum absolute atomic E-state index is 0.0608. The molecule has 1 aliphatic rings. The van der Waals surface area contributed by atoms with Gasteiger partial charge >= 0.3 is 0 Å². The minimum atomic E-state index is -0.785. The number of fused-ring (bicyclic) bond motifs is 1. The van der Waals surface area contributed by atoms with E-state index in [4.69, 9.17) is 11.6 Å². The van der Waals surface area contributed by atoms with E-state index in [0.717, 1.165) is 37.0 Å². The van der Waals surface area contributed by atoms with Crippen LogP contribution in [0.15, 0.2) is 30.3 Å². The third-order valence-corrected chi connectivity index (χ3v) is 4.13. The first kappa shape index (κ1) is 14.2. The molecule has 0 unspecified atom stereocenters. The van der Waals surface area contributed by atoms with Gasteiger partial charge in [-0.3, -0.25) is 4.79 Å². The lowest BCUT2D eigenvalue weighted by Gasteiger charge is -2.06. The topological polar surface area (TPSA) is 17.1 Å². The standard InChI is InChI=1S/C17H13ClF2O/c18-14-9-15(19)13(8-16(14)20)17(21)7-10-4-5-11-2-1-3-12(11)6-10/h4-6,8-9H,1-3,7H2. The van der Waals surface area contributed by atoms with E-state index >= 15 is 0 Å². The van der Waals surface area contributed by atoms with E-state index in [0.29, 0.717) is 0 Å². The van der Waals surface area contributed by atoms with Crippen molar-refractivity contribution in [3.05, 3.63) is 69.2 Å². The number of hydrogen-bond donors (Lipinski definition) is 0. The van der Waals surface area contributed by atoms with Gasteiger partial charge < -0.3 is 0 Å². The summed E-state index contributed by atoms with van der Waals surface area (Å²) in [6.45, 7) is 0. The minimum Gasteiger partial charge on any atom is -0.294 e. The summed E-state index contributed by atoms with van der Waals surface area (Å²) < 4.78 is 27.1. The lowest BCUT2D eigenvalue weighted by molar-refractivity contribution is 0.0988. The lowest BCUT2D eigenvalue weighted by atomic mass is 9.99. The summed E-state index contributed by atoms with van der Waals surface area (Å²) in [4.78, 5) is 12.1. The van der Waals surface area contributed by atoms with Crippen LogP contribution in [0.4, 0.5) is 8.78 Å². The molecule has 21 heavy (non-hydrogen) atoms. The smallest absolute Gasteiger partial charge is 0.170 e. The van der Waals surface area contributed by atoms with Gasteiger partial charge in [-0.15, -0.1) is 0 Å². The Bertz CT molecular complexity index is 725. The molecule has 1 nitrogen and oxygen atoms in total. The maximum Gasteiger partial charge on any atom is 0.170 e. The van der Waals surface area contributed by atoms with Gasteiger partial charge in [-0.1, -0.05) is 29.8 Å². The maximum atomic E-state index is 13.7. The molecular weight excluding hydrogens is 294 g/mol. The van der Waals surface area contributed by atoms with Crippen LogP contribution >= 0.6 is 11.6 Å². The molecule has 1 aliphatic carbocycles. The Morgan fingerprint density at radius 2 is 1.81 bits per heavy atom. The Kier molecular flexibility index (Phi) is 3.77.